The van der Waals surface area contributed by atoms with Crippen LogP contribution in [-0.4, -0.2) is 39.9 Å². The van der Waals surface area contributed by atoms with E-state index in [1.807, 2.05) is 0 Å². The molecule has 0 aliphatic heterocycles. The summed E-state index contributed by atoms with van der Waals surface area (Å²) in [5.41, 5.74) is 0.119. The van der Waals surface area contributed by atoms with Gasteiger partial charge in [0.25, 0.3) is 5.91 Å². The van der Waals surface area contributed by atoms with Crippen LogP contribution in [0.4, 0.5) is 23.7 Å². The Kier molecular flexibility index (Phi) is 5.43. The van der Waals surface area contributed by atoms with E-state index in [9.17, 15) is 22.8 Å². The molecule has 0 saturated carbocycles. The van der Waals surface area contributed by atoms with Gasteiger partial charge in [0.2, 0.25) is 0 Å². The highest BCUT2D eigenvalue weighted by Crippen LogP contribution is 2.19. The van der Waals surface area contributed by atoms with Crippen molar-refractivity contribution in [1.29, 1.82) is 0 Å². The van der Waals surface area contributed by atoms with Gasteiger partial charge < -0.3 is 10.1 Å². The van der Waals surface area contributed by atoms with E-state index in [4.69, 9.17) is 4.74 Å². The van der Waals surface area contributed by atoms with Crippen molar-refractivity contribution in [1.82, 2.24) is 14.9 Å². The summed E-state index contributed by atoms with van der Waals surface area (Å²) < 4.78 is 43.0. The van der Waals surface area contributed by atoms with E-state index in [1.165, 1.54) is 23.0 Å². The lowest BCUT2D eigenvalue weighted by Crippen LogP contribution is -2.28. The molecule has 2 aromatic heterocycles. The lowest BCUT2D eigenvalue weighted by molar-refractivity contribution is -0.133. The number of anilines is 1. The monoisotopic (exact) mass is 372 g/mol. The maximum atomic E-state index is 12.2. The third-order valence-electron chi connectivity index (χ3n) is 3.11. The summed E-state index contributed by atoms with van der Waals surface area (Å²) in [6, 6.07) is 3.03. The van der Waals surface area contributed by atoms with Crippen LogP contribution in [-0.2, 0) is 4.74 Å². The molecule has 7 nitrogen and oxygen atoms in total. The van der Waals surface area contributed by atoms with Gasteiger partial charge in [-0.1, -0.05) is 0 Å². The number of carbonyl (C=O) groups is 2. The van der Waals surface area contributed by atoms with Crippen molar-refractivity contribution < 1.29 is 27.5 Å². The Morgan fingerprint density at radius 2 is 1.96 bits per heavy atom. The summed E-state index contributed by atoms with van der Waals surface area (Å²) in [5, 5.41) is 8.69. The molecule has 0 atom stereocenters. The van der Waals surface area contributed by atoms with Gasteiger partial charge in [0.15, 0.2) is 0 Å². The highest BCUT2D eigenvalue weighted by atomic mass is 19.4. The number of alkyl halides is 3. The second-order valence-corrected chi connectivity index (χ2v) is 6.55. The predicted molar refractivity (Wildman–Crippen MR) is 88.1 cm³/mol. The first kappa shape index (κ1) is 19.5. The van der Waals surface area contributed by atoms with Crippen molar-refractivity contribution in [2.24, 2.45) is 0 Å². The summed E-state index contributed by atoms with van der Waals surface area (Å²) in [7, 11) is 0. The van der Waals surface area contributed by atoms with Crippen molar-refractivity contribution in [3.8, 4) is 0 Å². The van der Waals surface area contributed by atoms with Gasteiger partial charge in [-0.25, -0.2) is 9.31 Å². The van der Waals surface area contributed by atoms with E-state index in [1.54, 1.807) is 26.8 Å². The van der Waals surface area contributed by atoms with E-state index in [-0.39, 0.29) is 5.56 Å². The lowest BCUT2D eigenvalue weighted by Gasteiger charge is -2.19. The minimum Gasteiger partial charge on any atom is -0.444 e. The number of pyridine rings is 1. The van der Waals surface area contributed by atoms with Gasteiger partial charge in [-0.2, -0.15) is 18.3 Å². The number of hydrogen-bond donors (Lipinski definition) is 2. The Labute approximate surface area is 147 Å². The average Bonchev–Trinajstić information content (AvgIpc) is 2.86. The fraction of sp³-hybridized carbons (Fsp3) is 0.438. The molecular weight excluding hydrogens is 353 g/mol. The Morgan fingerprint density at radius 3 is 2.58 bits per heavy atom. The van der Waals surface area contributed by atoms with Gasteiger partial charge in [-0.15, -0.1) is 0 Å². The molecule has 26 heavy (non-hydrogen) atoms. The molecule has 142 valence electrons. The SMILES string of the molecule is CC(C)(C)OC(=O)Nc1ccn2ncc(C(=O)NCCC(F)(F)F)c2c1. The third kappa shape index (κ3) is 5.64. The van der Waals surface area contributed by atoms with E-state index in [0.717, 1.165) is 0 Å². The number of hydrogen-bond acceptors (Lipinski definition) is 4. The smallest absolute Gasteiger partial charge is 0.412 e. The van der Waals surface area contributed by atoms with Crippen LogP contribution in [0.1, 0.15) is 37.6 Å². The van der Waals surface area contributed by atoms with Gasteiger partial charge >= 0.3 is 12.3 Å². The third-order valence-corrected chi connectivity index (χ3v) is 3.11. The van der Waals surface area contributed by atoms with Crippen molar-refractivity contribution in [2.75, 3.05) is 11.9 Å². The van der Waals surface area contributed by atoms with Crippen LogP contribution in [0.3, 0.4) is 0 Å². The molecule has 2 heterocycles. The highest BCUT2D eigenvalue weighted by molar-refractivity contribution is 6.01. The van der Waals surface area contributed by atoms with E-state index in [2.05, 4.69) is 15.7 Å². The molecule has 0 unspecified atom stereocenters. The molecular formula is C16H19F3N4O3. The molecule has 0 aliphatic carbocycles. The van der Waals surface area contributed by atoms with Crippen LogP contribution in [0.5, 0.6) is 0 Å². The number of amides is 2. The number of ether oxygens (including phenoxy) is 1. The molecule has 2 aromatic rings. The second kappa shape index (κ2) is 7.22. The summed E-state index contributed by atoms with van der Waals surface area (Å²) in [6.07, 6.45) is -3.38. The molecule has 0 radical (unpaired) electrons. The molecule has 0 aliphatic rings. The first-order valence-corrected chi connectivity index (χ1v) is 7.77. The largest absolute Gasteiger partial charge is 0.444 e. The van der Waals surface area contributed by atoms with E-state index in [0.29, 0.717) is 11.2 Å². The van der Waals surface area contributed by atoms with E-state index >= 15 is 0 Å². The van der Waals surface area contributed by atoms with Crippen LogP contribution in [0, 0.1) is 0 Å². The van der Waals surface area contributed by atoms with Crippen LogP contribution >= 0.6 is 0 Å². The topological polar surface area (TPSA) is 84.7 Å². The van der Waals surface area contributed by atoms with Crippen LogP contribution in [0.15, 0.2) is 24.5 Å². The average molecular weight is 372 g/mol. The Bertz CT molecular complexity index is 809. The maximum absolute atomic E-state index is 12.2. The van der Waals surface area contributed by atoms with Crippen molar-refractivity contribution >= 4 is 23.2 Å². The zero-order valence-electron chi connectivity index (χ0n) is 14.5. The molecule has 0 fully saturated rings. The Balaban J connectivity index is 2.12. The van der Waals surface area contributed by atoms with Gasteiger partial charge in [0.1, 0.15) is 5.60 Å². The maximum Gasteiger partial charge on any atom is 0.412 e. The zero-order chi connectivity index (χ0) is 19.5. The number of nitrogens with one attached hydrogen (secondary N) is 2. The number of nitrogens with zero attached hydrogens (tertiary/aromatic N) is 2. The van der Waals surface area contributed by atoms with Crippen molar-refractivity contribution in [2.45, 2.75) is 39.0 Å². The van der Waals surface area contributed by atoms with Crippen molar-refractivity contribution in [3.05, 3.63) is 30.1 Å². The predicted octanol–water partition coefficient (Wildman–Crippen LogP) is 3.36. The fourth-order valence-electron chi connectivity index (χ4n) is 2.07. The Morgan fingerprint density at radius 1 is 1.27 bits per heavy atom. The number of halogens is 3. The number of aromatic nitrogens is 2. The first-order chi connectivity index (χ1) is 11.9. The Hall–Kier alpha value is -2.78. The minimum absolute atomic E-state index is 0.0972. The number of carbonyl (C=O) groups excluding carboxylic acids is 2. The van der Waals surface area contributed by atoms with Gasteiger partial charge in [0, 0.05) is 18.4 Å². The van der Waals surface area contributed by atoms with Crippen LogP contribution < -0.4 is 10.6 Å². The molecule has 2 rings (SSSR count). The molecule has 0 spiro atoms. The van der Waals surface area contributed by atoms with Gasteiger partial charge in [0.05, 0.1) is 23.7 Å². The second-order valence-electron chi connectivity index (χ2n) is 6.55. The summed E-state index contributed by atoms with van der Waals surface area (Å²) in [5.74, 6) is -0.682. The standard InChI is InChI=1S/C16H19F3N4O3/c1-15(2,3)26-14(25)22-10-4-7-23-12(8-10)11(9-21-23)13(24)20-6-5-16(17,18)19/h4,7-9H,5-6H2,1-3H3,(H,20,24)(H,22,25). The van der Waals surface area contributed by atoms with Crippen molar-refractivity contribution in [3.63, 3.8) is 0 Å². The van der Waals surface area contributed by atoms with Gasteiger partial charge in [-0.3, -0.25) is 10.1 Å². The summed E-state index contributed by atoms with van der Waals surface area (Å²) in [4.78, 5) is 23.9. The van der Waals surface area contributed by atoms with Gasteiger partial charge in [-0.05, 0) is 32.9 Å². The molecule has 10 heteroatoms. The molecule has 0 bridgehead atoms. The fourth-order valence-corrected chi connectivity index (χ4v) is 2.07. The summed E-state index contributed by atoms with van der Waals surface area (Å²) in [6.45, 7) is 4.62. The minimum atomic E-state index is -4.35. The first-order valence-electron chi connectivity index (χ1n) is 7.77. The lowest BCUT2D eigenvalue weighted by atomic mass is 10.2. The number of rotatable bonds is 4. The summed E-state index contributed by atoms with van der Waals surface area (Å²) >= 11 is 0. The van der Waals surface area contributed by atoms with E-state index < -0.39 is 36.7 Å². The molecule has 2 amide bonds. The zero-order valence-corrected chi connectivity index (χ0v) is 14.5. The van der Waals surface area contributed by atoms with Crippen LogP contribution in [0.25, 0.3) is 5.52 Å². The molecule has 0 saturated heterocycles. The molecule has 2 N–H and O–H groups in total. The normalized spacial score (nSPS) is 12.1. The quantitative estimate of drug-likeness (QED) is 0.862. The number of fused-ring (bicyclic) bond motifs is 1. The molecule has 0 aromatic carbocycles. The highest BCUT2D eigenvalue weighted by Gasteiger charge is 2.27. The van der Waals surface area contributed by atoms with Crippen LogP contribution in [0.2, 0.25) is 0 Å².